The number of fused-ring (bicyclic) bond motifs is 1. The van der Waals surface area contributed by atoms with Gasteiger partial charge in [-0.3, -0.25) is 0 Å². The van der Waals surface area contributed by atoms with Crippen LogP contribution in [0.2, 0.25) is 0 Å². The van der Waals surface area contributed by atoms with Crippen molar-refractivity contribution in [2.75, 3.05) is 6.61 Å². The van der Waals surface area contributed by atoms with Gasteiger partial charge < -0.3 is 4.74 Å². The summed E-state index contributed by atoms with van der Waals surface area (Å²) in [7, 11) is 0. The van der Waals surface area contributed by atoms with Crippen molar-refractivity contribution in [1.82, 2.24) is 4.98 Å². The van der Waals surface area contributed by atoms with Crippen LogP contribution in [0.25, 0.3) is 0 Å². The number of aliphatic imine (C=N–C) groups is 1. The Morgan fingerprint density at radius 2 is 1.88 bits per heavy atom. The molecule has 0 aromatic carbocycles. The molecule has 0 aliphatic carbocycles. The van der Waals surface area contributed by atoms with Crippen molar-refractivity contribution in [3.63, 3.8) is 0 Å². The van der Waals surface area contributed by atoms with E-state index in [1.165, 1.54) is 0 Å². The highest BCUT2D eigenvalue weighted by Crippen LogP contribution is 2.26. The monoisotopic (exact) mass is 222 g/mol. The Balaban J connectivity index is 0.000000509. The average molecular weight is 222 g/mol. The first-order valence-corrected chi connectivity index (χ1v) is 5.98. The second-order valence-corrected chi connectivity index (χ2v) is 2.77. The summed E-state index contributed by atoms with van der Waals surface area (Å²) in [5.41, 5.74) is 1.08. The molecular formula is C13H22N2O. The van der Waals surface area contributed by atoms with E-state index in [1.807, 2.05) is 46.8 Å². The van der Waals surface area contributed by atoms with Gasteiger partial charge in [-0.1, -0.05) is 27.7 Å². The van der Waals surface area contributed by atoms with Crippen LogP contribution >= 0.6 is 0 Å². The van der Waals surface area contributed by atoms with E-state index < -0.39 is 0 Å². The normalized spacial score (nSPS) is 12.4. The molecule has 3 heteroatoms. The van der Waals surface area contributed by atoms with Crippen molar-refractivity contribution in [2.24, 2.45) is 4.99 Å². The third kappa shape index (κ3) is 4.43. The first kappa shape index (κ1) is 14.6. The highest BCUT2D eigenvalue weighted by Gasteiger charge is 2.07. The largest absolute Gasteiger partial charge is 0.489 e. The van der Waals surface area contributed by atoms with Gasteiger partial charge in [0.2, 0.25) is 0 Å². The first-order chi connectivity index (χ1) is 7.86. The van der Waals surface area contributed by atoms with E-state index in [0.717, 1.165) is 17.9 Å². The number of pyridine rings is 1. The van der Waals surface area contributed by atoms with Crippen LogP contribution in [-0.4, -0.2) is 17.3 Å². The van der Waals surface area contributed by atoms with Crippen LogP contribution in [0, 0.1) is 0 Å². The molecule has 0 unspecified atom stereocenters. The molecule has 0 radical (unpaired) electrons. The van der Waals surface area contributed by atoms with Crippen molar-refractivity contribution in [3.05, 3.63) is 18.3 Å². The Hall–Kier alpha value is -1.38. The highest BCUT2D eigenvalue weighted by molar-refractivity contribution is 5.85. The van der Waals surface area contributed by atoms with Crippen LogP contribution in [0.4, 0.5) is 5.82 Å². The molecule has 1 aromatic rings. The Morgan fingerprint density at radius 3 is 2.56 bits per heavy atom. The molecule has 0 saturated carbocycles. The molecule has 1 aliphatic rings. The number of hydrogen-bond acceptors (Lipinski definition) is 3. The molecule has 0 fully saturated rings. The van der Waals surface area contributed by atoms with Gasteiger partial charge in [-0.2, -0.15) is 0 Å². The van der Waals surface area contributed by atoms with Crippen LogP contribution in [0.5, 0.6) is 5.75 Å². The SMILES string of the molecule is CC.CC.CC1=Nc2ncccc2OCC1. The summed E-state index contributed by atoms with van der Waals surface area (Å²) in [6.07, 6.45) is 2.61. The minimum Gasteiger partial charge on any atom is -0.489 e. The highest BCUT2D eigenvalue weighted by atomic mass is 16.5. The zero-order valence-electron chi connectivity index (χ0n) is 10.9. The summed E-state index contributed by atoms with van der Waals surface area (Å²) in [4.78, 5) is 8.44. The second kappa shape index (κ2) is 8.89. The lowest BCUT2D eigenvalue weighted by Crippen LogP contribution is -1.99. The van der Waals surface area contributed by atoms with Gasteiger partial charge in [0.25, 0.3) is 0 Å². The maximum atomic E-state index is 5.44. The molecule has 3 nitrogen and oxygen atoms in total. The van der Waals surface area contributed by atoms with E-state index in [1.54, 1.807) is 6.20 Å². The molecule has 2 heterocycles. The summed E-state index contributed by atoms with van der Waals surface area (Å²) in [6, 6.07) is 3.75. The molecule has 0 atom stereocenters. The lowest BCUT2D eigenvalue weighted by molar-refractivity contribution is 0.332. The number of ether oxygens (including phenoxy) is 1. The molecule has 0 spiro atoms. The lowest BCUT2D eigenvalue weighted by atomic mass is 10.3. The van der Waals surface area contributed by atoms with Crippen LogP contribution in [0.15, 0.2) is 23.3 Å². The van der Waals surface area contributed by atoms with Crippen LogP contribution < -0.4 is 4.74 Å². The van der Waals surface area contributed by atoms with Gasteiger partial charge >= 0.3 is 0 Å². The predicted octanol–water partition coefficient (Wildman–Crippen LogP) is 4.01. The summed E-state index contributed by atoms with van der Waals surface area (Å²) in [6.45, 7) is 10.7. The molecule has 0 N–H and O–H groups in total. The van der Waals surface area contributed by atoms with Crippen molar-refractivity contribution in [1.29, 1.82) is 0 Å². The van der Waals surface area contributed by atoms with E-state index >= 15 is 0 Å². The lowest BCUT2D eigenvalue weighted by Gasteiger charge is -2.01. The molecule has 0 amide bonds. The molecule has 0 saturated heterocycles. The van der Waals surface area contributed by atoms with Gasteiger partial charge in [0, 0.05) is 18.3 Å². The smallest absolute Gasteiger partial charge is 0.194 e. The molecule has 0 bridgehead atoms. The van der Waals surface area contributed by atoms with Gasteiger partial charge in [-0.05, 0) is 19.1 Å². The van der Waals surface area contributed by atoms with Crippen LogP contribution in [0.3, 0.4) is 0 Å². The second-order valence-electron chi connectivity index (χ2n) is 2.77. The maximum Gasteiger partial charge on any atom is 0.194 e. The van der Waals surface area contributed by atoms with Crippen molar-refractivity contribution >= 4 is 11.5 Å². The quantitative estimate of drug-likeness (QED) is 0.664. The minimum atomic E-state index is 0.701. The Morgan fingerprint density at radius 1 is 1.19 bits per heavy atom. The molecule has 16 heavy (non-hydrogen) atoms. The van der Waals surface area contributed by atoms with E-state index in [9.17, 15) is 0 Å². The summed E-state index contributed by atoms with van der Waals surface area (Å²) in [5.74, 6) is 1.49. The average Bonchev–Trinajstić information content (AvgIpc) is 2.55. The third-order valence-electron chi connectivity index (χ3n) is 1.77. The topological polar surface area (TPSA) is 34.5 Å². The molecule has 90 valence electrons. The number of aromatic nitrogens is 1. The van der Waals surface area contributed by atoms with E-state index in [0.29, 0.717) is 12.4 Å². The summed E-state index contributed by atoms with van der Waals surface area (Å²) in [5, 5.41) is 0. The van der Waals surface area contributed by atoms with Gasteiger partial charge in [0.1, 0.15) is 0 Å². The van der Waals surface area contributed by atoms with Gasteiger partial charge in [-0.15, -0.1) is 0 Å². The van der Waals surface area contributed by atoms with Gasteiger partial charge in [0.05, 0.1) is 6.61 Å². The van der Waals surface area contributed by atoms with E-state index in [4.69, 9.17) is 4.74 Å². The van der Waals surface area contributed by atoms with E-state index in [2.05, 4.69) is 9.98 Å². The van der Waals surface area contributed by atoms with Crippen LogP contribution in [0.1, 0.15) is 41.0 Å². The zero-order valence-corrected chi connectivity index (χ0v) is 10.9. The number of nitrogens with zero attached hydrogens (tertiary/aromatic N) is 2. The number of rotatable bonds is 0. The maximum absolute atomic E-state index is 5.44. The predicted molar refractivity (Wildman–Crippen MR) is 69.8 cm³/mol. The van der Waals surface area contributed by atoms with Gasteiger partial charge in [-0.25, -0.2) is 9.98 Å². The Kier molecular flexibility index (Phi) is 8.12. The van der Waals surface area contributed by atoms with Crippen molar-refractivity contribution in [3.8, 4) is 5.75 Å². The fourth-order valence-electron chi connectivity index (χ4n) is 1.12. The van der Waals surface area contributed by atoms with Crippen molar-refractivity contribution in [2.45, 2.75) is 41.0 Å². The van der Waals surface area contributed by atoms with Gasteiger partial charge in [0.15, 0.2) is 11.6 Å². The molecule has 1 aliphatic heterocycles. The van der Waals surface area contributed by atoms with Crippen molar-refractivity contribution < 1.29 is 4.74 Å². The first-order valence-electron chi connectivity index (χ1n) is 5.98. The summed E-state index contributed by atoms with van der Waals surface area (Å²) >= 11 is 0. The Bertz CT molecular complexity index is 321. The third-order valence-corrected chi connectivity index (χ3v) is 1.77. The standard InChI is InChI=1S/C9H10N2O.2C2H6/c1-7-4-6-12-8-3-2-5-10-9(8)11-7;2*1-2/h2-3,5H,4,6H2,1H3;2*1-2H3. The fraction of sp³-hybridized carbons (Fsp3) is 0.538. The minimum absolute atomic E-state index is 0.701. The molecule has 2 rings (SSSR count). The number of hydrogen-bond donors (Lipinski definition) is 0. The fourth-order valence-corrected chi connectivity index (χ4v) is 1.12. The molecule has 1 aromatic heterocycles. The molecular weight excluding hydrogens is 200 g/mol. The zero-order chi connectivity index (χ0) is 12.4. The summed E-state index contributed by atoms with van der Waals surface area (Å²) < 4.78 is 5.44. The van der Waals surface area contributed by atoms with Crippen LogP contribution in [-0.2, 0) is 0 Å². The Labute approximate surface area is 98.6 Å². The van der Waals surface area contributed by atoms with E-state index in [-0.39, 0.29) is 0 Å².